The van der Waals surface area contributed by atoms with Crippen LogP contribution >= 0.6 is 23.2 Å². The molecule has 0 saturated carbocycles. The molecule has 0 saturated heterocycles. The summed E-state index contributed by atoms with van der Waals surface area (Å²) in [6, 6.07) is 1.36. The third kappa shape index (κ3) is 2.54. The zero-order chi connectivity index (χ0) is 9.84. The Kier molecular flexibility index (Phi) is 3.93. The molecular formula is C8H10Cl2N2O. The highest BCUT2D eigenvalue weighted by Gasteiger charge is 2.12. The van der Waals surface area contributed by atoms with Gasteiger partial charge in [-0.25, -0.2) is 4.98 Å². The molecule has 3 nitrogen and oxygen atoms in total. The number of hydrogen-bond acceptors (Lipinski definition) is 3. The Labute approximate surface area is 86.7 Å². The van der Waals surface area contributed by atoms with Crippen molar-refractivity contribution in [2.75, 3.05) is 13.7 Å². The normalized spacial score (nSPS) is 12.9. The van der Waals surface area contributed by atoms with Crippen LogP contribution in [0.3, 0.4) is 0 Å². The summed E-state index contributed by atoms with van der Waals surface area (Å²) in [7, 11) is 1.74. The van der Waals surface area contributed by atoms with E-state index < -0.39 is 0 Å². The van der Waals surface area contributed by atoms with Crippen molar-refractivity contribution in [3.8, 4) is 0 Å². The van der Waals surface area contributed by atoms with Gasteiger partial charge in [0, 0.05) is 11.8 Å². The van der Waals surface area contributed by atoms with Gasteiger partial charge in [-0.2, -0.15) is 0 Å². The SMILES string of the molecule is CNC(CO)c1cnc(Cl)cc1Cl. The van der Waals surface area contributed by atoms with E-state index in [1.54, 1.807) is 19.3 Å². The number of nitrogens with zero attached hydrogens (tertiary/aromatic N) is 1. The predicted octanol–water partition coefficient (Wildman–Crippen LogP) is 1.64. The van der Waals surface area contributed by atoms with Crippen LogP contribution in [0, 0.1) is 0 Å². The van der Waals surface area contributed by atoms with Gasteiger partial charge in [0.25, 0.3) is 0 Å². The molecule has 1 aromatic rings. The largest absolute Gasteiger partial charge is 0.394 e. The van der Waals surface area contributed by atoms with Gasteiger partial charge in [-0.1, -0.05) is 23.2 Å². The zero-order valence-electron chi connectivity index (χ0n) is 7.09. The van der Waals surface area contributed by atoms with Crippen molar-refractivity contribution in [3.63, 3.8) is 0 Å². The number of likely N-dealkylation sites (N-methyl/N-ethyl adjacent to an activating group) is 1. The Morgan fingerprint density at radius 3 is 2.77 bits per heavy atom. The van der Waals surface area contributed by atoms with Crippen molar-refractivity contribution in [3.05, 3.63) is 28.0 Å². The molecular weight excluding hydrogens is 211 g/mol. The van der Waals surface area contributed by atoms with Crippen molar-refractivity contribution in [2.24, 2.45) is 0 Å². The molecule has 0 aromatic carbocycles. The lowest BCUT2D eigenvalue weighted by atomic mass is 10.1. The minimum atomic E-state index is -0.197. The maximum Gasteiger partial charge on any atom is 0.130 e. The number of nitrogens with one attached hydrogen (secondary N) is 1. The average Bonchev–Trinajstić information content (AvgIpc) is 2.10. The Bertz CT molecular complexity index is 289. The first kappa shape index (κ1) is 10.7. The molecule has 5 heteroatoms. The molecule has 0 aliphatic heterocycles. The van der Waals surface area contributed by atoms with Crippen LogP contribution in [0.15, 0.2) is 12.3 Å². The molecule has 2 N–H and O–H groups in total. The molecule has 0 radical (unpaired) electrons. The van der Waals surface area contributed by atoms with Crippen molar-refractivity contribution < 1.29 is 5.11 Å². The summed E-state index contributed by atoms with van der Waals surface area (Å²) < 4.78 is 0. The lowest BCUT2D eigenvalue weighted by Crippen LogP contribution is -2.20. The summed E-state index contributed by atoms with van der Waals surface area (Å²) in [4.78, 5) is 3.89. The monoisotopic (exact) mass is 220 g/mol. The lowest BCUT2D eigenvalue weighted by molar-refractivity contribution is 0.251. The fourth-order valence-electron chi connectivity index (χ4n) is 1.02. The van der Waals surface area contributed by atoms with Crippen molar-refractivity contribution in [1.29, 1.82) is 0 Å². The van der Waals surface area contributed by atoms with E-state index >= 15 is 0 Å². The highest BCUT2D eigenvalue weighted by molar-refractivity contribution is 6.34. The van der Waals surface area contributed by atoms with E-state index in [4.69, 9.17) is 28.3 Å². The molecule has 0 amide bonds. The summed E-state index contributed by atoms with van der Waals surface area (Å²) in [6.07, 6.45) is 1.56. The van der Waals surface area contributed by atoms with E-state index in [9.17, 15) is 0 Å². The number of aliphatic hydroxyl groups excluding tert-OH is 1. The van der Waals surface area contributed by atoms with Gasteiger partial charge in [0.15, 0.2) is 0 Å². The second-order valence-electron chi connectivity index (χ2n) is 2.55. The van der Waals surface area contributed by atoms with Gasteiger partial charge in [0.1, 0.15) is 5.15 Å². The van der Waals surface area contributed by atoms with Crippen LogP contribution < -0.4 is 5.32 Å². The van der Waals surface area contributed by atoms with Crippen LogP contribution in [0.5, 0.6) is 0 Å². The van der Waals surface area contributed by atoms with E-state index in [1.807, 2.05) is 0 Å². The number of aliphatic hydroxyl groups is 1. The Hall–Kier alpha value is -0.350. The number of hydrogen-bond donors (Lipinski definition) is 2. The molecule has 13 heavy (non-hydrogen) atoms. The molecule has 1 rings (SSSR count). The molecule has 0 bridgehead atoms. The molecule has 1 unspecified atom stereocenters. The van der Waals surface area contributed by atoms with Crippen LogP contribution in [0.2, 0.25) is 10.2 Å². The van der Waals surface area contributed by atoms with Gasteiger partial charge in [-0.05, 0) is 13.1 Å². The molecule has 0 aliphatic rings. The van der Waals surface area contributed by atoms with Gasteiger partial charge in [0.05, 0.1) is 17.7 Å². The third-order valence-corrected chi connectivity index (χ3v) is 2.29. The van der Waals surface area contributed by atoms with Gasteiger partial charge in [-0.3, -0.25) is 0 Å². The van der Waals surface area contributed by atoms with E-state index in [0.29, 0.717) is 10.2 Å². The Morgan fingerprint density at radius 2 is 2.31 bits per heavy atom. The summed E-state index contributed by atoms with van der Waals surface area (Å²) in [5, 5.41) is 12.8. The molecule has 0 aliphatic carbocycles. The highest BCUT2D eigenvalue weighted by atomic mass is 35.5. The summed E-state index contributed by atoms with van der Waals surface area (Å²) in [5.41, 5.74) is 0.746. The van der Waals surface area contributed by atoms with Crippen LogP contribution in [0.4, 0.5) is 0 Å². The summed E-state index contributed by atoms with van der Waals surface area (Å²) in [5.74, 6) is 0. The second-order valence-corrected chi connectivity index (χ2v) is 3.35. The summed E-state index contributed by atoms with van der Waals surface area (Å²) in [6.45, 7) is -0.0282. The van der Waals surface area contributed by atoms with Crippen molar-refractivity contribution >= 4 is 23.2 Å². The smallest absolute Gasteiger partial charge is 0.130 e. The molecule has 1 atom stereocenters. The minimum absolute atomic E-state index is 0.0282. The first-order valence-electron chi connectivity index (χ1n) is 3.78. The quantitative estimate of drug-likeness (QED) is 0.762. The highest BCUT2D eigenvalue weighted by Crippen LogP contribution is 2.23. The van der Waals surface area contributed by atoms with E-state index in [-0.39, 0.29) is 12.6 Å². The third-order valence-electron chi connectivity index (χ3n) is 1.76. The Morgan fingerprint density at radius 1 is 1.62 bits per heavy atom. The van der Waals surface area contributed by atoms with Gasteiger partial charge < -0.3 is 10.4 Å². The van der Waals surface area contributed by atoms with Crippen LogP contribution in [-0.4, -0.2) is 23.7 Å². The number of rotatable bonds is 3. The first-order chi connectivity index (χ1) is 6.19. The topological polar surface area (TPSA) is 45.1 Å². The van der Waals surface area contributed by atoms with E-state index in [1.165, 1.54) is 0 Å². The average molecular weight is 221 g/mol. The number of aromatic nitrogens is 1. The second kappa shape index (κ2) is 4.77. The minimum Gasteiger partial charge on any atom is -0.394 e. The van der Waals surface area contributed by atoms with Gasteiger partial charge in [-0.15, -0.1) is 0 Å². The van der Waals surface area contributed by atoms with Gasteiger partial charge in [0.2, 0.25) is 0 Å². The maximum atomic E-state index is 8.99. The predicted molar refractivity (Wildman–Crippen MR) is 53.1 cm³/mol. The van der Waals surface area contributed by atoms with E-state index in [2.05, 4.69) is 10.3 Å². The molecule has 1 heterocycles. The van der Waals surface area contributed by atoms with Crippen LogP contribution in [0.1, 0.15) is 11.6 Å². The fourth-order valence-corrected chi connectivity index (χ4v) is 1.52. The number of halogens is 2. The number of pyridine rings is 1. The molecule has 0 spiro atoms. The van der Waals surface area contributed by atoms with Crippen LogP contribution in [-0.2, 0) is 0 Å². The maximum absolute atomic E-state index is 8.99. The Balaban J connectivity index is 2.99. The van der Waals surface area contributed by atoms with E-state index in [0.717, 1.165) is 5.56 Å². The van der Waals surface area contributed by atoms with Crippen molar-refractivity contribution in [2.45, 2.75) is 6.04 Å². The summed E-state index contributed by atoms with van der Waals surface area (Å²) >= 11 is 11.5. The van der Waals surface area contributed by atoms with Gasteiger partial charge >= 0.3 is 0 Å². The zero-order valence-corrected chi connectivity index (χ0v) is 8.60. The molecule has 1 aromatic heterocycles. The van der Waals surface area contributed by atoms with Crippen LogP contribution in [0.25, 0.3) is 0 Å². The fraction of sp³-hybridized carbons (Fsp3) is 0.375. The van der Waals surface area contributed by atoms with Crippen molar-refractivity contribution in [1.82, 2.24) is 10.3 Å². The lowest BCUT2D eigenvalue weighted by Gasteiger charge is -2.14. The molecule has 0 fully saturated rings. The molecule has 72 valence electrons. The first-order valence-corrected chi connectivity index (χ1v) is 4.53. The standard InChI is InChI=1S/C8H10Cl2N2O/c1-11-7(4-13)5-3-12-8(10)2-6(5)9/h2-3,7,11,13H,4H2,1H3.